The van der Waals surface area contributed by atoms with Crippen molar-refractivity contribution in [1.82, 2.24) is 5.32 Å². The van der Waals surface area contributed by atoms with Crippen LogP contribution in [0, 0.1) is 5.92 Å². The fourth-order valence-electron chi connectivity index (χ4n) is 2.62. The molecule has 2 heteroatoms. The van der Waals surface area contributed by atoms with Gasteiger partial charge in [-0.15, -0.1) is 0 Å². The molecule has 0 bridgehead atoms. The first-order valence-corrected chi connectivity index (χ1v) is 7.13. The Morgan fingerprint density at radius 1 is 1.19 bits per heavy atom. The summed E-state index contributed by atoms with van der Waals surface area (Å²) in [6.45, 7) is 6.35. The molecule has 0 aliphatic heterocycles. The quantitative estimate of drug-likeness (QED) is 0.655. The fourth-order valence-corrected chi connectivity index (χ4v) is 2.62. The van der Waals surface area contributed by atoms with Crippen molar-refractivity contribution in [1.29, 1.82) is 0 Å². The lowest BCUT2D eigenvalue weighted by atomic mass is 9.78. The Kier molecular flexibility index (Phi) is 6.37. The summed E-state index contributed by atoms with van der Waals surface area (Å²) in [6.07, 6.45) is 9.49. The van der Waals surface area contributed by atoms with Gasteiger partial charge in [-0.05, 0) is 44.6 Å². The summed E-state index contributed by atoms with van der Waals surface area (Å²) in [5.41, 5.74) is -0.405. The highest BCUT2D eigenvalue weighted by molar-refractivity contribution is 4.86. The Bertz CT molecular complexity index is 174. The third kappa shape index (κ3) is 4.84. The minimum Gasteiger partial charge on any atom is -0.389 e. The van der Waals surface area contributed by atoms with Gasteiger partial charge in [-0.1, -0.05) is 33.1 Å². The van der Waals surface area contributed by atoms with Crippen molar-refractivity contribution in [3.8, 4) is 0 Å². The van der Waals surface area contributed by atoms with E-state index in [1.165, 1.54) is 38.5 Å². The van der Waals surface area contributed by atoms with E-state index >= 15 is 0 Å². The van der Waals surface area contributed by atoms with Crippen LogP contribution < -0.4 is 5.32 Å². The number of unbranched alkanes of at least 4 members (excludes halogenated alkanes) is 2. The molecule has 2 N–H and O–H groups in total. The van der Waals surface area contributed by atoms with Gasteiger partial charge in [-0.2, -0.15) is 0 Å². The van der Waals surface area contributed by atoms with Gasteiger partial charge in [0.2, 0.25) is 0 Å². The first kappa shape index (κ1) is 14.0. The summed E-state index contributed by atoms with van der Waals surface area (Å²) < 4.78 is 0. The summed E-state index contributed by atoms with van der Waals surface area (Å²) in [6, 6.07) is 0. The molecule has 1 saturated carbocycles. The van der Waals surface area contributed by atoms with E-state index in [9.17, 15) is 5.11 Å². The molecule has 1 aliphatic rings. The van der Waals surface area contributed by atoms with Crippen molar-refractivity contribution < 1.29 is 5.11 Å². The van der Waals surface area contributed by atoms with Crippen LogP contribution in [0.1, 0.15) is 65.2 Å². The Hall–Kier alpha value is -0.0800. The van der Waals surface area contributed by atoms with Gasteiger partial charge in [0.25, 0.3) is 0 Å². The first-order chi connectivity index (χ1) is 7.70. The molecule has 0 unspecified atom stereocenters. The number of hydrogen-bond acceptors (Lipinski definition) is 2. The van der Waals surface area contributed by atoms with Crippen molar-refractivity contribution in [3.63, 3.8) is 0 Å². The van der Waals surface area contributed by atoms with E-state index in [1.54, 1.807) is 0 Å². The van der Waals surface area contributed by atoms with Crippen molar-refractivity contribution >= 4 is 0 Å². The number of nitrogens with one attached hydrogen (secondary N) is 1. The largest absolute Gasteiger partial charge is 0.389 e. The van der Waals surface area contributed by atoms with Gasteiger partial charge in [0.1, 0.15) is 0 Å². The second kappa shape index (κ2) is 7.29. The van der Waals surface area contributed by atoms with Gasteiger partial charge in [0, 0.05) is 6.54 Å². The van der Waals surface area contributed by atoms with E-state index in [1.807, 2.05) is 0 Å². The number of hydrogen-bond donors (Lipinski definition) is 2. The van der Waals surface area contributed by atoms with Gasteiger partial charge in [-0.3, -0.25) is 0 Å². The Morgan fingerprint density at radius 3 is 2.44 bits per heavy atom. The minimum atomic E-state index is -0.405. The van der Waals surface area contributed by atoms with Crippen LogP contribution in [-0.4, -0.2) is 23.8 Å². The number of aliphatic hydroxyl groups is 1. The van der Waals surface area contributed by atoms with Gasteiger partial charge in [0.15, 0.2) is 0 Å². The maximum Gasteiger partial charge on any atom is 0.0771 e. The molecule has 0 radical (unpaired) electrons. The monoisotopic (exact) mass is 227 g/mol. The zero-order valence-corrected chi connectivity index (χ0v) is 11.1. The van der Waals surface area contributed by atoms with Crippen LogP contribution in [0.15, 0.2) is 0 Å². The second-order valence-electron chi connectivity index (χ2n) is 5.46. The maximum atomic E-state index is 10.4. The van der Waals surface area contributed by atoms with Gasteiger partial charge in [-0.25, -0.2) is 0 Å². The molecule has 0 saturated heterocycles. The Labute approximate surface area is 101 Å². The molecule has 0 aromatic rings. The molecule has 16 heavy (non-hydrogen) atoms. The summed E-state index contributed by atoms with van der Waals surface area (Å²) in [7, 11) is 0. The molecule has 2 nitrogen and oxygen atoms in total. The summed E-state index contributed by atoms with van der Waals surface area (Å²) >= 11 is 0. The molecule has 1 aliphatic carbocycles. The normalized spacial score (nSPS) is 30.6. The summed E-state index contributed by atoms with van der Waals surface area (Å²) in [5, 5.41) is 13.8. The predicted molar refractivity (Wildman–Crippen MR) is 69.6 cm³/mol. The molecule has 1 fully saturated rings. The lowest BCUT2D eigenvalue weighted by molar-refractivity contribution is -0.00846. The molecule has 0 heterocycles. The highest BCUT2D eigenvalue weighted by Crippen LogP contribution is 2.33. The lowest BCUT2D eigenvalue weighted by Crippen LogP contribution is -2.43. The zero-order valence-electron chi connectivity index (χ0n) is 11.1. The van der Waals surface area contributed by atoms with Crippen LogP contribution in [0.3, 0.4) is 0 Å². The average Bonchev–Trinajstić information content (AvgIpc) is 2.30. The van der Waals surface area contributed by atoms with Crippen LogP contribution in [0.2, 0.25) is 0 Å². The summed E-state index contributed by atoms with van der Waals surface area (Å²) in [5.74, 6) is 0.861. The predicted octanol–water partition coefficient (Wildman–Crippen LogP) is 3.10. The van der Waals surface area contributed by atoms with Crippen LogP contribution in [0.4, 0.5) is 0 Å². The lowest BCUT2D eigenvalue weighted by Gasteiger charge is -2.36. The molecule has 0 spiro atoms. The molecule has 0 atom stereocenters. The maximum absolute atomic E-state index is 10.4. The Morgan fingerprint density at radius 2 is 1.88 bits per heavy atom. The van der Waals surface area contributed by atoms with Crippen LogP contribution in [0.25, 0.3) is 0 Å². The molecule has 1 rings (SSSR count). The molecule has 96 valence electrons. The van der Waals surface area contributed by atoms with Gasteiger partial charge in [0.05, 0.1) is 5.60 Å². The number of rotatable bonds is 7. The second-order valence-corrected chi connectivity index (χ2v) is 5.46. The van der Waals surface area contributed by atoms with Gasteiger partial charge >= 0.3 is 0 Å². The van der Waals surface area contributed by atoms with Crippen molar-refractivity contribution in [2.75, 3.05) is 13.1 Å². The first-order valence-electron chi connectivity index (χ1n) is 7.13. The van der Waals surface area contributed by atoms with E-state index in [0.29, 0.717) is 0 Å². The van der Waals surface area contributed by atoms with E-state index in [2.05, 4.69) is 19.2 Å². The van der Waals surface area contributed by atoms with Gasteiger partial charge < -0.3 is 10.4 Å². The van der Waals surface area contributed by atoms with Crippen molar-refractivity contribution in [2.24, 2.45) is 5.92 Å². The van der Waals surface area contributed by atoms with Crippen LogP contribution in [0.5, 0.6) is 0 Å². The molecular formula is C14H29NO. The molecule has 0 aromatic heterocycles. The van der Waals surface area contributed by atoms with Crippen LogP contribution in [-0.2, 0) is 0 Å². The van der Waals surface area contributed by atoms with Crippen LogP contribution >= 0.6 is 0 Å². The minimum absolute atomic E-state index is 0.405. The third-order valence-electron chi connectivity index (χ3n) is 4.02. The highest BCUT2D eigenvalue weighted by Gasteiger charge is 2.31. The zero-order chi connectivity index (χ0) is 11.9. The molecule has 0 aromatic carbocycles. The standard InChI is InChI=1S/C14H29NO/c1-3-5-6-11-15-12-14(16)9-7-13(4-2)8-10-14/h13,15-16H,3-12H2,1-2H3. The van der Waals surface area contributed by atoms with E-state index < -0.39 is 5.60 Å². The SMILES string of the molecule is CCCCCNCC1(O)CCC(CC)CC1. The average molecular weight is 227 g/mol. The third-order valence-corrected chi connectivity index (χ3v) is 4.02. The van der Waals surface area contributed by atoms with E-state index in [4.69, 9.17) is 0 Å². The van der Waals surface area contributed by atoms with Crippen molar-refractivity contribution in [3.05, 3.63) is 0 Å². The smallest absolute Gasteiger partial charge is 0.0771 e. The highest BCUT2D eigenvalue weighted by atomic mass is 16.3. The molecular weight excluding hydrogens is 198 g/mol. The fraction of sp³-hybridized carbons (Fsp3) is 1.00. The molecule has 0 amide bonds. The topological polar surface area (TPSA) is 32.3 Å². The van der Waals surface area contributed by atoms with E-state index in [0.717, 1.165) is 31.8 Å². The van der Waals surface area contributed by atoms with Crippen molar-refractivity contribution in [2.45, 2.75) is 70.8 Å². The van der Waals surface area contributed by atoms with E-state index in [-0.39, 0.29) is 0 Å². The summed E-state index contributed by atoms with van der Waals surface area (Å²) in [4.78, 5) is 0. The Balaban J connectivity index is 2.11.